The Morgan fingerprint density at radius 2 is 2.08 bits per heavy atom. The Balaban J connectivity index is 3.25. The zero-order valence-corrected chi connectivity index (χ0v) is 7.79. The van der Waals surface area contributed by atoms with Crippen LogP contribution >= 0.6 is 0 Å². The number of aliphatic carboxylic acids is 1. The summed E-state index contributed by atoms with van der Waals surface area (Å²) in [4.78, 5) is 12.4. The molecule has 0 fully saturated rings. The second kappa shape index (κ2) is 5.97. The van der Waals surface area contributed by atoms with Crippen molar-refractivity contribution in [2.45, 2.75) is 25.3 Å². The number of unbranched alkanes of at least 4 members (excludes halogenated alkanes) is 1. The van der Waals surface area contributed by atoms with Crippen LogP contribution in [0, 0.1) is 0 Å². The van der Waals surface area contributed by atoms with Crippen molar-refractivity contribution in [2.75, 3.05) is 20.6 Å². The zero-order valence-electron chi connectivity index (χ0n) is 7.79. The summed E-state index contributed by atoms with van der Waals surface area (Å²) in [5.74, 6) is -0.903. The Kier molecular flexibility index (Phi) is 5.66. The Morgan fingerprint density at radius 1 is 1.50 bits per heavy atom. The quantitative estimate of drug-likeness (QED) is 0.562. The summed E-state index contributed by atoms with van der Waals surface area (Å²) in [6, 6.07) is -0.688. The lowest BCUT2D eigenvalue weighted by Crippen LogP contribution is -2.30. The summed E-state index contributed by atoms with van der Waals surface area (Å²) in [7, 11) is 3.99. The normalized spacial score (nSPS) is 13.3. The lowest BCUT2D eigenvalue weighted by atomic mass is 10.1. The van der Waals surface area contributed by atoms with Crippen molar-refractivity contribution in [3.63, 3.8) is 0 Å². The number of rotatable bonds is 6. The second-order valence-corrected chi connectivity index (χ2v) is 3.24. The maximum atomic E-state index is 10.3. The van der Waals surface area contributed by atoms with E-state index < -0.39 is 12.0 Å². The molecule has 3 N–H and O–H groups in total. The lowest BCUT2D eigenvalue weighted by molar-refractivity contribution is -0.138. The molecule has 0 saturated heterocycles. The van der Waals surface area contributed by atoms with E-state index in [2.05, 4.69) is 4.90 Å². The SMILES string of the molecule is CN(C)CCCC[C@@H](N)C(=O)O. The van der Waals surface area contributed by atoms with Gasteiger partial charge in [0, 0.05) is 0 Å². The van der Waals surface area contributed by atoms with E-state index in [1.807, 2.05) is 14.1 Å². The topological polar surface area (TPSA) is 66.6 Å². The number of carboxylic acid groups (broad SMARTS) is 1. The molecule has 72 valence electrons. The summed E-state index contributed by atoms with van der Waals surface area (Å²) in [6.07, 6.45) is 2.46. The molecule has 0 amide bonds. The molecule has 0 bridgehead atoms. The molecule has 0 rings (SSSR count). The van der Waals surface area contributed by atoms with Crippen LogP contribution in [0.2, 0.25) is 0 Å². The lowest BCUT2D eigenvalue weighted by Gasteiger charge is -2.09. The largest absolute Gasteiger partial charge is 0.480 e. The monoisotopic (exact) mass is 174 g/mol. The van der Waals surface area contributed by atoms with Crippen LogP contribution in [-0.4, -0.2) is 42.7 Å². The molecule has 0 aromatic heterocycles. The molecule has 0 aromatic rings. The van der Waals surface area contributed by atoms with Gasteiger partial charge in [0.1, 0.15) is 6.04 Å². The van der Waals surface area contributed by atoms with E-state index in [4.69, 9.17) is 10.8 Å². The van der Waals surface area contributed by atoms with Gasteiger partial charge in [-0.1, -0.05) is 6.42 Å². The van der Waals surface area contributed by atoms with Gasteiger partial charge in [0.25, 0.3) is 0 Å². The van der Waals surface area contributed by atoms with E-state index in [1.165, 1.54) is 0 Å². The predicted molar refractivity (Wildman–Crippen MR) is 48.0 cm³/mol. The van der Waals surface area contributed by atoms with Crippen molar-refractivity contribution in [3.05, 3.63) is 0 Å². The molecule has 0 heterocycles. The smallest absolute Gasteiger partial charge is 0.320 e. The fraction of sp³-hybridized carbons (Fsp3) is 0.875. The first-order valence-electron chi connectivity index (χ1n) is 4.17. The fourth-order valence-electron chi connectivity index (χ4n) is 0.916. The summed E-state index contributed by atoms with van der Waals surface area (Å²) >= 11 is 0. The van der Waals surface area contributed by atoms with Crippen LogP contribution in [0.4, 0.5) is 0 Å². The molecule has 4 nitrogen and oxygen atoms in total. The molecule has 1 atom stereocenters. The van der Waals surface area contributed by atoms with Crippen molar-refractivity contribution in [3.8, 4) is 0 Å². The van der Waals surface area contributed by atoms with Gasteiger partial charge in [0.05, 0.1) is 0 Å². The molecular formula is C8H18N2O2. The Bertz CT molecular complexity index is 137. The number of hydrogen-bond acceptors (Lipinski definition) is 3. The van der Waals surface area contributed by atoms with E-state index in [-0.39, 0.29) is 0 Å². The fourth-order valence-corrected chi connectivity index (χ4v) is 0.916. The third kappa shape index (κ3) is 6.12. The van der Waals surface area contributed by atoms with E-state index in [1.54, 1.807) is 0 Å². The van der Waals surface area contributed by atoms with E-state index in [0.717, 1.165) is 19.4 Å². The second-order valence-electron chi connectivity index (χ2n) is 3.24. The molecule has 0 unspecified atom stereocenters. The number of nitrogens with zero attached hydrogens (tertiary/aromatic N) is 1. The van der Waals surface area contributed by atoms with Crippen molar-refractivity contribution < 1.29 is 9.90 Å². The first-order chi connectivity index (χ1) is 5.54. The molecule has 0 aliphatic heterocycles. The maximum Gasteiger partial charge on any atom is 0.320 e. The first kappa shape index (κ1) is 11.4. The van der Waals surface area contributed by atoms with Gasteiger partial charge < -0.3 is 15.7 Å². The van der Waals surface area contributed by atoms with Crippen LogP contribution in [0.15, 0.2) is 0 Å². The molecule has 0 radical (unpaired) electrons. The van der Waals surface area contributed by atoms with E-state index in [0.29, 0.717) is 6.42 Å². The number of nitrogens with two attached hydrogens (primary N) is 1. The minimum atomic E-state index is -0.903. The van der Waals surface area contributed by atoms with Gasteiger partial charge >= 0.3 is 5.97 Å². The number of hydrogen-bond donors (Lipinski definition) is 2. The van der Waals surface area contributed by atoms with Gasteiger partial charge in [-0.05, 0) is 33.5 Å². The molecule has 0 spiro atoms. The first-order valence-corrected chi connectivity index (χ1v) is 4.17. The van der Waals surface area contributed by atoms with Crippen molar-refractivity contribution in [1.82, 2.24) is 4.90 Å². The van der Waals surface area contributed by atoms with E-state index in [9.17, 15) is 4.79 Å². The van der Waals surface area contributed by atoms with Gasteiger partial charge in [-0.15, -0.1) is 0 Å². The Hall–Kier alpha value is -0.610. The average molecular weight is 174 g/mol. The van der Waals surface area contributed by atoms with Crippen molar-refractivity contribution >= 4 is 5.97 Å². The van der Waals surface area contributed by atoms with Crippen molar-refractivity contribution in [1.29, 1.82) is 0 Å². The Labute approximate surface area is 73.3 Å². The molecule has 0 saturated carbocycles. The minimum Gasteiger partial charge on any atom is -0.480 e. The van der Waals surface area contributed by atoms with Gasteiger partial charge in [-0.3, -0.25) is 4.79 Å². The predicted octanol–water partition coefficient (Wildman–Crippen LogP) is 0.130. The maximum absolute atomic E-state index is 10.3. The third-order valence-corrected chi connectivity index (χ3v) is 1.69. The zero-order chi connectivity index (χ0) is 9.56. The standard InChI is InChI=1S/C8H18N2O2/c1-10(2)6-4-3-5-7(9)8(11)12/h7H,3-6,9H2,1-2H3,(H,11,12)/t7-/m1/s1. The average Bonchev–Trinajstić information content (AvgIpc) is 1.97. The van der Waals surface area contributed by atoms with Gasteiger partial charge in [-0.2, -0.15) is 0 Å². The summed E-state index contributed by atoms with van der Waals surface area (Å²) < 4.78 is 0. The van der Waals surface area contributed by atoms with Crippen LogP contribution in [-0.2, 0) is 4.79 Å². The highest BCUT2D eigenvalue weighted by Gasteiger charge is 2.09. The van der Waals surface area contributed by atoms with Crippen molar-refractivity contribution in [2.24, 2.45) is 5.73 Å². The highest BCUT2D eigenvalue weighted by molar-refractivity contribution is 5.72. The number of carbonyl (C=O) groups is 1. The van der Waals surface area contributed by atoms with Crippen LogP contribution in [0.1, 0.15) is 19.3 Å². The molecule has 12 heavy (non-hydrogen) atoms. The summed E-state index contributed by atoms with van der Waals surface area (Å²) in [5, 5.41) is 8.46. The van der Waals surface area contributed by atoms with Crippen LogP contribution in [0.5, 0.6) is 0 Å². The highest BCUT2D eigenvalue weighted by Crippen LogP contribution is 1.99. The third-order valence-electron chi connectivity index (χ3n) is 1.69. The number of carboxylic acids is 1. The summed E-state index contributed by atoms with van der Waals surface area (Å²) in [5.41, 5.74) is 5.32. The van der Waals surface area contributed by atoms with Crippen LogP contribution in [0.3, 0.4) is 0 Å². The highest BCUT2D eigenvalue weighted by atomic mass is 16.4. The molecule has 4 heteroatoms. The van der Waals surface area contributed by atoms with Gasteiger partial charge in [0.2, 0.25) is 0 Å². The van der Waals surface area contributed by atoms with Crippen LogP contribution in [0.25, 0.3) is 0 Å². The van der Waals surface area contributed by atoms with Gasteiger partial charge in [0.15, 0.2) is 0 Å². The molecular weight excluding hydrogens is 156 g/mol. The molecule has 0 aliphatic rings. The molecule has 0 aliphatic carbocycles. The van der Waals surface area contributed by atoms with Crippen LogP contribution < -0.4 is 5.73 Å². The summed E-state index contributed by atoms with van der Waals surface area (Å²) in [6.45, 7) is 0.992. The van der Waals surface area contributed by atoms with Gasteiger partial charge in [-0.25, -0.2) is 0 Å². The molecule has 0 aromatic carbocycles. The Morgan fingerprint density at radius 3 is 2.50 bits per heavy atom. The van der Waals surface area contributed by atoms with E-state index >= 15 is 0 Å². The minimum absolute atomic E-state index is 0.573.